The van der Waals surface area contributed by atoms with Crippen molar-refractivity contribution >= 4 is 17.4 Å². The van der Waals surface area contributed by atoms with E-state index in [1.165, 1.54) is 6.33 Å². The number of nitrogen functional groups attached to an aromatic ring is 1. The van der Waals surface area contributed by atoms with Crippen molar-refractivity contribution < 1.29 is 0 Å². The van der Waals surface area contributed by atoms with Gasteiger partial charge in [0.05, 0.1) is 0 Å². The molecule has 1 aromatic heterocycles. The van der Waals surface area contributed by atoms with Crippen molar-refractivity contribution in [1.82, 2.24) is 9.97 Å². The fraction of sp³-hybridized carbons (Fsp3) is 0. The lowest BCUT2D eigenvalue weighted by Gasteiger charge is -2.03. The molecule has 0 saturated carbocycles. The summed E-state index contributed by atoms with van der Waals surface area (Å²) in [4.78, 5) is 9.90. The Bertz CT molecular complexity index is 417. The molecular formula is C10H9N3S. The molecule has 0 radical (unpaired) electrons. The van der Waals surface area contributed by atoms with E-state index >= 15 is 0 Å². The number of anilines is 1. The number of para-hydroxylation sites is 1. The molecule has 1 heterocycles. The first-order chi connectivity index (χ1) is 6.86. The molecular weight excluding hydrogens is 194 g/mol. The van der Waals surface area contributed by atoms with Crippen LogP contribution < -0.4 is 5.73 Å². The number of aromatic nitrogens is 2. The third-order valence-corrected chi connectivity index (χ3v) is 2.72. The van der Waals surface area contributed by atoms with E-state index in [4.69, 9.17) is 5.73 Å². The Morgan fingerprint density at radius 3 is 2.50 bits per heavy atom. The van der Waals surface area contributed by atoms with E-state index < -0.39 is 0 Å². The molecule has 2 aromatic rings. The second kappa shape index (κ2) is 4.11. The van der Waals surface area contributed by atoms with E-state index in [0.29, 0.717) is 0 Å². The summed E-state index contributed by atoms with van der Waals surface area (Å²) in [6.45, 7) is 0. The molecule has 0 spiro atoms. The monoisotopic (exact) mass is 203 g/mol. The third kappa shape index (κ3) is 2.03. The SMILES string of the molecule is Nc1ccccc1Sc1cncnc1. The number of hydrogen-bond acceptors (Lipinski definition) is 4. The zero-order valence-corrected chi connectivity index (χ0v) is 8.24. The van der Waals surface area contributed by atoms with Crippen LogP contribution in [0.5, 0.6) is 0 Å². The van der Waals surface area contributed by atoms with E-state index in [1.807, 2.05) is 24.3 Å². The van der Waals surface area contributed by atoms with E-state index in [9.17, 15) is 0 Å². The predicted molar refractivity (Wildman–Crippen MR) is 57.0 cm³/mol. The van der Waals surface area contributed by atoms with E-state index in [2.05, 4.69) is 9.97 Å². The Morgan fingerprint density at radius 1 is 1.07 bits per heavy atom. The van der Waals surface area contributed by atoms with Crippen molar-refractivity contribution in [1.29, 1.82) is 0 Å². The molecule has 0 unspecified atom stereocenters. The number of benzene rings is 1. The van der Waals surface area contributed by atoms with Crippen LogP contribution in [0.3, 0.4) is 0 Å². The summed E-state index contributed by atoms with van der Waals surface area (Å²) in [6.07, 6.45) is 5.05. The summed E-state index contributed by atoms with van der Waals surface area (Å²) in [5.74, 6) is 0. The van der Waals surface area contributed by atoms with E-state index in [1.54, 1.807) is 24.2 Å². The molecule has 0 amide bonds. The topological polar surface area (TPSA) is 51.8 Å². The molecule has 2 N–H and O–H groups in total. The van der Waals surface area contributed by atoms with Crippen LogP contribution in [0.25, 0.3) is 0 Å². The van der Waals surface area contributed by atoms with Gasteiger partial charge in [0, 0.05) is 27.9 Å². The number of nitrogens with two attached hydrogens (primary N) is 1. The minimum absolute atomic E-state index is 0.779. The van der Waals surface area contributed by atoms with Crippen LogP contribution in [0.2, 0.25) is 0 Å². The molecule has 0 fully saturated rings. The number of rotatable bonds is 2. The summed E-state index contributed by atoms with van der Waals surface area (Å²) >= 11 is 1.56. The van der Waals surface area contributed by atoms with Crippen molar-refractivity contribution in [2.24, 2.45) is 0 Å². The molecule has 0 bridgehead atoms. The molecule has 14 heavy (non-hydrogen) atoms. The van der Waals surface area contributed by atoms with E-state index in [-0.39, 0.29) is 0 Å². The molecule has 0 aliphatic rings. The summed E-state index contributed by atoms with van der Waals surface area (Å²) in [6, 6.07) is 7.74. The van der Waals surface area contributed by atoms with Gasteiger partial charge in [-0.25, -0.2) is 9.97 Å². The molecule has 4 heteroatoms. The lowest BCUT2D eigenvalue weighted by Crippen LogP contribution is -1.87. The normalized spacial score (nSPS) is 10.0. The van der Waals surface area contributed by atoms with Gasteiger partial charge in [-0.15, -0.1) is 0 Å². The van der Waals surface area contributed by atoms with Gasteiger partial charge in [-0.05, 0) is 12.1 Å². The molecule has 0 saturated heterocycles. The average Bonchev–Trinajstić information content (AvgIpc) is 2.23. The van der Waals surface area contributed by atoms with Crippen LogP contribution >= 0.6 is 11.8 Å². The predicted octanol–water partition coefficient (Wildman–Crippen LogP) is 2.21. The van der Waals surface area contributed by atoms with Crippen LogP contribution in [-0.2, 0) is 0 Å². The third-order valence-electron chi connectivity index (χ3n) is 1.68. The summed E-state index contributed by atoms with van der Waals surface area (Å²) < 4.78 is 0. The smallest absolute Gasteiger partial charge is 0.115 e. The summed E-state index contributed by atoms with van der Waals surface area (Å²) in [5.41, 5.74) is 6.59. The van der Waals surface area contributed by atoms with Crippen LogP contribution in [0.15, 0.2) is 52.8 Å². The maximum atomic E-state index is 5.81. The fourth-order valence-corrected chi connectivity index (χ4v) is 1.85. The Kier molecular flexibility index (Phi) is 2.65. The van der Waals surface area contributed by atoms with Crippen LogP contribution in [0, 0.1) is 0 Å². The van der Waals surface area contributed by atoms with Crippen molar-refractivity contribution in [3.63, 3.8) is 0 Å². The van der Waals surface area contributed by atoms with Gasteiger partial charge in [-0.2, -0.15) is 0 Å². The number of nitrogens with zero attached hydrogens (tertiary/aromatic N) is 2. The average molecular weight is 203 g/mol. The highest BCUT2D eigenvalue weighted by atomic mass is 32.2. The second-order valence-corrected chi connectivity index (χ2v) is 3.83. The van der Waals surface area contributed by atoms with Crippen molar-refractivity contribution in [2.45, 2.75) is 9.79 Å². The Hall–Kier alpha value is -1.55. The maximum Gasteiger partial charge on any atom is 0.115 e. The van der Waals surface area contributed by atoms with Crippen molar-refractivity contribution in [2.75, 3.05) is 5.73 Å². The quantitative estimate of drug-likeness (QED) is 0.760. The molecule has 70 valence electrons. The second-order valence-electron chi connectivity index (χ2n) is 2.71. The Balaban J connectivity index is 2.24. The summed E-state index contributed by atoms with van der Waals surface area (Å²) in [5, 5.41) is 0. The Labute approximate surface area is 86.4 Å². The Morgan fingerprint density at radius 2 is 1.79 bits per heavy atom. The van der Waals surface area contributed by atoms with Gasteiger partial charge in [-0.1, -0.05) is 23.9 Å². The highest BCUT2D eigenvalue weighted by Crippen LogP contribution is 2.30. The zero-order chi connectivity index (χ0) is 9.80. The highest BCUT2D eigenvalue weighted by molar-refractivity contribution is 7.99. The largest absolute Gasteiger partial charge is 0.398 e. The summed E-state index contributed by atoms with van der Waals surface area (Å²) in [7, 11) is 0. The molecule has 0 aliphatic heterocycles. The van der Waals surface area contributed by atoms with Gasteiger partial charge in [0.2, 0.25) is 0 Å². The van der Waals surface area contributed by atoms with Gasteiger partial charge in [0.1, 0.15) is 6.33 Å². The zero-order valence-electron chi connectivity index (χ0n) is 7.42. The minimum atomic E-state index is 0.779. The molecule has 0 aliphatic carbocycles. The van der Waals surface area contributed by atoms with Crippen molar-refractivity contribution in [3.8, 4) is 0 Å². The first-order valence-corrected chi connectivity index (χ1v) is 4.95. The van der Waals surface area contributed by atoms with Crippen LogP contribution in [0.1, 0.15) is 0 Å². The number of hydrogen-bond donors (Lipinski definition) is 1. The molecule has 1 aromatic carbocycles. The van der Waals surface area contributed by atoms with Gasteiger partial charge in [-0.3, -0.25) is 0 Å². The van der Waals surface area contributed by atoms with Crippen LogP contribution in [-0.4, -0.2) is 9.97 Å². The van der Waals surface area contributed by atoms with Gasteiger partial charge in [0.15, 0.2) is 0 Å². The molecule has 3 nitrogen and oxygen atoms in total. The van der Waals surface area contributed by atoms with Gasteiger partial charge in [0.25, 0.3) is 0 Å². The first-order valence-electron chi connectivity index (χ1n) is 4.13. The fourth-order valence-electron chi connectivity index (χ4n) is 1.04. The van der Waals surface area contributed by atoms with E-state index in [0.717, 1.165) is 15.5 Å². The lowest BCUT2D eigenvalue weighted by atomic mass is 10.3. The van der Waals surface area contributed by atoms with Gasteiger partial charge >= 0.3 is 0 Å². The highest BCUT2D eigenvalue weighted by Gasteiger charge is 2.00. The molecule has 2 rings (SSSR count). The van der Waals surface area contributed by atoms with Crippen LogP contribution in [0.4, 0.5) is 5.69 Å². The van der Waals surface area contributed by atoms with Gasteiger partial charge < -0.3 is 5.73 Å². The standard InChI is InChI=1S/C10H9N3S/c11-9-3-1-2-4-10(9)14-8-5-12-7-13-6-8/h1-7H,11H2. The van der Waals surface area contributed by atoms with Crippen molar-refractivity contribution in [3.05, 3.63) is 43.0 Å². The first kappa shape index (κ1) is 9.02. The minimum Gasteiger partial charge on any atom is -0.398 e. The molecule has 0 atom stereocenters. The lowest BCUT2D eigenvalue weighted by molar-refractivity contribution is 1.10. The maximum absolute atomic E-state index is 5.81.